The monoisotopic (exact) mass is 233 g/mol. The quantitative estimate of drug-likeness (QED) is 0.836. The summed E-state index contributed by atoms with van der Waals surface area (Å²) in [5.41, 5.74) is 0.731. The van der Waals surface area contributed by atoms with Gasteiger partial charge in [0.05, 0.1) is 6.33 Å². The summed E-state index contributed by atoms with van der Waals surface area (Å²) in [6.07, 6.45) is 5.88. The Bertz CT molecular complexity index is 497. The van der Waals surface area contributed by atoms with Crippen LogP contribution in [0.3, 0.4) is 0 Å². The van der Waals surface area contributed by atoms with E-state index >= 15 is 0 Å². The minimum atomic E-state index is 0.366. The molecule has 17 heavy (non-hydrogen) atoms. The fraction of sp³-hybridized carbons (Fsp3) is 0.545. The van der Waals surface area contributed by atoms with Crippen LogP contribution in [0.2, 0.25) is 0 Å². The fourth-order valence-corrected chi connectivity index (χ4v) is 2.10. The number of aromatic nitrogens is 4. The van der Waals surface area contributed by atoms with Crippen LogP contribution in [0.5, 0.6) is 0 Å². The van der Waals surface area contributed by atoms with Crippen molar-refractivity contribution >= 4 is 0 Å². The number of rotatable bonds is 2. The second kappa shape index (κ2) is 4.29. The van der Waals surface area contributed by atoms with Crippen LogP contribution in [-0.2, 0) is 7.05 Å². The Morgan fingerprint density at radius 2 is 2.47 bits per heavy atom. The summed E-state index contributed by atoms with van der Waals surface area (Å²) in [6.45, 7) is 2.02. The van der Waals surface area contributed by atoms with Crippen molar-refractivity contribution in [2.45, 2.75) is 18.8 Å². The van der Waals surface area contributed by atoms with Gasteiger partial charge in [-0.2, -0.15) is 4.98 Å². The van der Waals surface area contributed by atoms with E-state index in [2.05, 4.69) is 20.4 Å². The van der Waals surface area contributed by atoms with Gasteiger partial charge < -0.3 is 14.4 Å². The molecule has 3 rings (SSSR count). The van der Waals surface area contributed by atoms with Gasteiger partial charge in [0.2, 0.25) is 0 Å². The molecule has 1 N–H and O–H groups in total. The van der Waals surface area contributed by atoms with Crippen molar-refractivity contribution in [2.75, 3.05) is 13.1 Å². The second-order valence-electron chi connectivity index (χ2n) is 4.43. The zero-order chi connectivity index (χ0) is 11.7. The van der Waals surface area contributed by atoms with Crippen LogP contribution in [0.4, 0.5) is 0 Å². The summed E-state index contributed by atoms with van der Waals surface area (Å²) < 4.78 is 7.12. The Kier molecular flexibility index (Phi) is 2.64. The van der Waals surface area contributed by atoms with Crippen LogP contribution in [0, 0.1) is 0 Å². The number of imidazole rings is 1. The first-order valence-corrected chi connectivity index (χ1v) is 5.85. The molecule has 0 aromatic carbocycles. The van der Waals surface area contributed by atoms with Crippen LogP contribution in [-0.4, -0.2) is 32.8 Å². The predicted octanol–water partition coefficient (Wildman–Crippen LogP) is 0.937. The van der Waals surface area contributed by atoms with E-state index in [1.807, 2.05) is 17.8 Å². The third kappa shape index (κ3) is 2.08. The molecule has 2 aromatic rings. The van der Waals surface area contributed by atoms with Crippen molar-refractivity contribution in [1.29, 1.82) is 0 Å². The normalized spacial score (nSPS) is 20.6. The van der Waals surface area contributed by atoms with Crippen LogP contribution < -0.4 is 5.32 Å². The summed E-state index contributed by atoms with van der Waals surface area (Å²) >= 11 is 0. The van der Waals surface area contributed by atoms with Gasteiger partial charge in [-0.15, -0.1) is 0 Å². The van der Waals surface area contributed by atoms with E-state index in [9.17, 15) is 0 Å². The molecule has 6 heteroatoms. The first-order valence-electron chi connectivity index (χ1n) is 5.85. The molecule has 0 bridgehead atoms. The highest BCUT2D eigenvalue weighted by atomic mass is 16.5. The summed E-state index contributed by atoms with van der Waals surface area (Å²) in [5, 5.41) is 7.40. The molecule has 1 unspecified atom stereocenters. The second-order valence-corrected chi connectivity index (χ2v) is 4.43. The van der Waals surface area contributed by atoms with Gasteiger partial charge in [0.1, 0.15) is 5.69 Å². The molecule has 2 aromatic heterocycles. The lowest BCUT2D eigenvalue weighted by molar-refractivity contribution is 0.392. The van der Waals surface area contributed by atoms with Gasteiger partial charge in [0.15, 0.2) is 5.82 Å². The number of nitrogens with zero attached hydrogens (tertiary/aromatic N) is 4. The van der Waals surface area contributed by atoms with Crippen LogP contribution in [0.15, 0.2) is 17.0 Å². The van der Waals surface area contributed by atoms with E-state index in [0.717, 1.165) is 37.4 Å². The van der Waals surface area contributed by atoms with Gasteiger partial charge >= 0.3 is 0 Å². The van der Waals surface area contributed by atoms with Crippen molar-refractivity contribution in [3.8, 4) is 11.6 Å². The van der Waals surface area contributed by atoms with Crippen LogP contribution in [0.1, 0.15) is 24.6 Å². The van der Waals surface area contributed by atoms with Crippen LogP contribution in [0.25, 0.3) is 11.6 Å². The van der Waals surface area contributed by atoms with E-state index < -0.39 is 0 Å². The SMILES string of the molecule is Cn1cnc(-c2nc(C3CCCNC3)no2)c1. The maximum absolute atomic E-state index is 5.25. The molecule has 3 heterocycles. The number of aryl methyl sites for hydroxylation is 1. The summed E-state index contributed by atoms with van der Waals surface area (Å²) in [6, 6.07) is 0. The lowest BCUT2D eigenvalue weighted by Gasteiger charge is -2.19. The lowest BCUT2D eigenvalue weighted by Crippen LogP contribution is -2.28. The Morgan fingerprint density at radius 1 is 1.53 bits per heavy atom. The minimum Gasteiger partial charge on any atom is -0.340 e. The number of hydrogen-bond donors (Lipinski definition) is 1. The summed E-state index contributed by atoms with van der Waals surface area (Å²) in [5.74, 6) is 1.66. The van der Waals surface area contributed by atoms with Gasteiger partial charge in [-0.25, -0.2) is 4.98 Å². The molecule has 0 saturated carbocycles. The van der Waals surface area contributed by atoms with Gasteiger partial charge in [-0.3, -0.25) is 0 Å². The average molecular weight is 233 g/mol. The molecule has 90 valence electrons. The maximum Gasteiger partial charge on any atom is 0.278 e. The standard InChI is InChI=1S/C11H15N5O/c1-16-6-9(13-7-16)11-14-10(15-17-11)8-3-2-4-12-5-8/h6-8,12H,2-5H2,1H3. The molecular weight excluding hydrogens is 218 g/mol. The van der Waals surface area contributed by atoms with E-state index in [1.165, 1.54) is 0 Å². The lowest BCUT2D eigenvalue weighted by atomic mass is 9.99. The average Bonchev–Trinajstić information content (AvgIpc) is 2.98. The number of piperidine rings is 1. The molecule has 0 aliphatic carbocycles. The van der Waals surface area contributed by atoms with Crippen molar-refractivity contribution in [3.63, 3.8) is 0 Å². The highest BCUT2D eigenvalue weighted by Gasteiger charge is 2.21. The molecule has 0 amide bonds. The smallest absolute Gasteiger partial charge is 0.278 e. The molecular formula is C11H15N5O. The fourth-order valence-electron chi connectivity index (χ4n) is 2.10. The molecule has 0 radical (unpaired) electrons. The molecule has 1 fully saturated rings. The molecule has 1 aliphatic rings. The van der Waals surface area contributed by atoms with Crippen molar-refractivity contribution in [1.82, 2.24) is 25.0 Å². The zero-order valence-corrected chi connectivity index (χ0v) is 9.76. The number of hydrogen-bond acceptors (Lipinski definition) is 5. The topological polar surface area (TPSA) is 68.8 Å². The summed E-state index contributed by atoms with van der Waals surface area (Å²) in [7, 11) is 1.92. The predicted molar refractivity (Wildman–Crippen MR) is 61.3 cm³/mol. The van der Waals surface area contributed by atoms with Crippen molar-refractivity contribution in [2.24, 2.45) is 7.05 Å². The Balaban J connectivity index is 1.82. The van der Waals surface area contributed by atoms with Gasteiger partial charge in [-0.1, -0.05) is 5.16 Å². The van der Waals surface area contributed by atoms with E-state index in [1.54, 1.807) is 6.33 Å². The Morgan fingerprint density at radius 3 is 3.18 bits per heavy atom. The third-order valence-electron chi connectivity index (χ3n) is 3.03. The van der Waals surface area contributed by atoms with Crippen molar-refractivity contribution in [3.05, 3.63) is 18.3 Å². The van der Waals surface area contributed by atoms with Crippen molar-refractivity contribution < 1.29 is 4.52 Å². The summed E-state index contributed by atoms with van der Waals surface area (Å²) in [4.78, 5) is 8.62. The van der Waals surface area contributed by atoms with Gasteiger partial charge in [0.25, 0.3) is 5.89 Å². The van der Waals surface area contributed by atoms with E-state index in [-0.39, 0.29) is 0 Å². The van der Waals surface area contributed by atoms with E-state index in [4.69, 9.17) is 4.52 Å². The Labute approximate surface area is 99.0 Å². The van der Waals surface area contributed by atoms with E-state index in [0.29, 0.717) is 11.8 Å². The van der Waals surface area contributed by atoms with Gasteiger partial charge in [-0.05, 0) is 19.4 Å². The first kappa shape index (κ1) is 10.5. The largest absolute Gasteiger partial charge is 0.340 e. The van der Waals surface area contributed by atoms with Crippen LogP contribution >= 0.6 is 0 Å². The number of nitrogens with one attached hydrogen (secondary N) is 1. The highest BCUT2D eigenvalue weighted by Crippen LogP contribution is 2.23. The molecule has 1 atom stereocenters. The van der Waals surface area contributed by atoms with Gasteiger partial charge in [0, 0.05) is 25.7 Å². The molecule has 6 nitrogen and oxygen atoms in total. The highest BCUT2D eigenvalue weighted by molar-refractivity contribution is 5.44. The molecule has 0 spiro atoms. The third-order valence-corrected chi connectivity index (χ3v) is 3.03. The molecule has 1 saturated heterocycles. The minimum absolute atomic E-state index is 0.366. The zero-order valence-electron chi connectivity index (χ0n) is 9.76. The Hall–Kier alpha value is -1.69. The molecule has 1 aliphatic heterocycles. The first-order chi connectivity index (χ1) is 8.33. The maximum atomic E-state index is 5.25.